The van der Waals surface area contributed by atoms with Gasteiger partial charge in [-0.05, 0) is 31.1 Å². The number of aromatic nitrogens is 1. The average molecular weight is 208 g/mol. The van der Waals surface area contributed by atoms with Gasteiger partial charge in [0.2, 0.25) is 0 Å². The number of nitrogens with one attached hydrogen (secondary N) is 1. The van der Waals surface area contributed by atoms with Gasteiger partial charge in [-0.25, -0.2) is 0 Å². The molecule has 0 spiro atoms. The normalized spacial score (nSPS) is 35.3. The van der Waals surface area contributed by atoms with Gasteiger partial charge in [0.25, 0.3) is 0 Å². The lowest BCUT2D eigenvalue weighted by Gasteiger charge is -2.22. The van der Waals surface area contributed by atoms with Gasteiger partial charge in [-0.1, -0.05) is 6.42 Å². The van der Waals surface area contributed by atoms with Crippen molar-refractivity contribution in [3.05, 3.63) is 16.6 Å². The zero-order valence-corrected chi connectivity index (χ0v) is 9.09. The molecule has 1 aromatic rings. The van der Waals surface area contributed by atoms with E-state index in [2.05, 4.69) is 10.3 Å². The van der Waals surface area contributed by atoms with Crippen LogP contribution in [0.3, 0.4) is 0 Å². The van der Waals surface area contributed by atoms with Gasteiger partial charge in [-0.3, -0.25) is 4.98 Å². The molecule has 14 heavy (non-hydrogen) atoms. The van der Waals surface area contributed by atoms with Crippen LogP contribution in [0.2, 0.25) is 0 Å². The third-order valence-corrected chi connectivity index (χ3v) is 4.54. The summed E-state index contributed by atoms with van der Waals surface area (Å²) in [6.07, 6.45) is 7.84. The molecule has 0 amide bonds. The molecule has 2 fully saturated rings. The van der Waals surface area contributed by atoms with E-state index in [1.54, 1.807) is 11.3 Å². The lowest BCUT2D eigenvalue weighted by molar-refractivity contribution is 0.351. The van der Waals surface area contributed by atoms with Gasteiger partial charge >= 0.3 is 0 Å². The van der Waals surface area contributed by atoms with Crippen LogP contribution in [0.4, 0.5) is 0 Å². The Morgan fingerprint density at radius 1 is 1.43 bits per heavy atom. The van der Waals surface area contributed by atoms with Crippen molar-refractivity contribution in [1.29, 1.82) is 0 Å². The number of fused-ring (bicyclic) bond motifs is 2. The Bertz CT molecular complexity index is 296. The molecule has 3 heteroatoms. The van der Waals surface area contributed by atoms with E-state index in [0.717, 1.165) is 24.4 Å². The van der Waals surface area contributed by atoms with E-state index in [1.165, 1.54) is 30.6 Å². The summed E-state index contributed by atoms with van der Waals surface area (Å²) >= 11 is 1.75. The molecule has 2 aliphatic carbocycles. The average Bonchev–Trinajstić information content (AvgIpc) is 2.91. The van der Waals surface area contributed by atoms with Gasteiger partial charge in [-0.15, -0.1) is 11.3 Å². The summed E-state index contributed by atoms with van der Waals surface area (Å²) < 4.78 is 0. The second-order valence-electron chi connectivity index (χ2n) is 4.63. The Balaban J connectivity index is 1.54. The largest absolute Gasteiger partial charge is 0.309 e. The van der Waals surface area contributed by atoms with Crippen LogP contribution in [-0.2, 0) is 6.54 Å². The first kappa shape index (κ1) is 8.86. The van der Waals surface area contributed by atoms with E-state index in [1.807, 2.05) is 11.7 Å². The second kappa shape index (κ2) is 3.63. The van der Waals surface area contributed by atoms with E-state index in [-0.39, 0.29) is 0 Å². The first-order valence-corrected chi connectivity index (χ1v) is 6.40. The number of nitrogens with zero attached hydrogens (tertiary/aromatic N) is 1. The molecule has 1 aromatic heterocycles. The molecule has 1 N–H and O–H groups in total. The number of thiazole rings is 1. The number of hydrogen-bond donors (Lipinski definition) is 1. The van der Waals surface area contributed by atoms with Gasteiger partial charge in [-0.2, -0.15) is 0 Å². The fourth-order valence-corrected chi connectivity index (χ4v) is 3.60. The maximum Gasteiger partial charge on any atom is 0.0794 e. The summed E-state index contributed by atoms with van der Waals surface area (Å²) in [4.78, 5) is 5.46. The predicted molar refractivity (Wildman–Crippen MR) is 58.2 cm³/mol. The van der Waals surface area contributed by atoms with E-state index in [9.17, 15) is 0 Å². The van der Waals surface area contributed by atoms with Crippen molar-refractivity contribution in [2.45, 2.75) is 38.3 Å². The molecule has 3 unspecified atom stereocenters. The van der Waals surface area contributed by atoms with Crippen LogP contribution >= 0.6 is 11.3 Å². The maximum absolute atomic E-state index is 4.09. The fourth-order valence-electron chi connectivity index (χ4n) is 3.06. The van der Waals surface area contributed by atoms with Crippen molar-refractivity contribution in [1.82, 2.24) is 10.3 Å². The zero-order valence-electron chi connectivity index (χ0n) is 8.28. The molecule has 0 radical (unpaired) electrons. The van der Waals surface area contributed by atoms with Gasteiger partial charge in [0.05, 0.1) is 5.51 Å². The summed E-state index contributed by atoms with van der Waals surface area (Å²) in [5.74, 6) is 2.02. The molecular weight excluding hydrogens is 192 g/mol. The number of hydrogen-bond acceptors (Lipinski definition) is 3. The van der Waals surface area contributed by atoms with Crippen molar-refractivity contribution in [3.8, 4) is 0 Å². The van der Waals surface area contributed by atoms with Gasteiger partial charge in [0, 0.05) is 23.7 Å². The maximum atomic E-state index is 4.09. The predicted octanol–water partition coefficient (Wildman–Crippen LogP) is 2.42. The first-order chi connectivity index (χ1) is 6.92. The summed E-state index contributed by atoms with van der Waals surface area (Å²) in [5, 5.41) is 3.69. The van der Waals surface area contributed by atoms with Crippen molar-refractivity contribution in [2.75, 3.05) is 0 Å². The van der Waals surface area contributed by atoms with Crippen molar-refractivity contribution in [3.63, 3.8) is 0 Å². The van der Waals surface area contributed by atoms with Crippen LogP contribution in [-0.4, -0.2) is 11.0 Å². The Hall–Kier alpha value is -0.410. The van der Waals surface area contributed by atoms with E-state index >= 15 is 0 Å². The highest BCUT2D eigenvalue weighted by molar-refractivity contribution is 7.09. The lowest BCUT2D eigenvalue weighted by Crippen LogP contribution is -2.33. The van der Waals surface area contributed by atoms with Crippen molar-refractivity contribution in [2.24, 2.45) is 11.8 Å². The van der Waals surface area contributed by atoms with E-state index in [0.29, 0.717) is 0 Å². The molecule has 0 aromatic carbocycles. The quantitative estimate of drug-likeness (QED) is 0.825. The Labute approximate surface area is 88.7 Å². The molecule has 1 heterocycles. The topological polar surface area (TPSA) is 24.9 Å². The van der Waals surface area contributed by atoms with Gasteiger partial charge in [0.15, 0.2) is 0 Å². The van der Waals surface area contributed by atoms with E-state index in [4.69, 9.17) is 0 Å². The third-order valence-electron chi connectivity index (χ3n) is 3.76. The summed E-state index contributed by atoms with van der Waals surface area (Å²) in [6.45, 7) is 1.03. The second-order valence-corrected chi connectivity index (χ2v) is 5.60. The minimum absolute atomic E-state index is 0.802. The minimum atomic E-state index is 0.802. The first-order valence-electron chi connectivity index (χ1n) is 5.52. The molecule has 2 saturated carbocycles. The number of rotatable bonds is 3. The third kappa shape index (κ3) is 1.59. The van der Waals surface area contributed by atoms with Gasteiger partial charge in [0.1, 0.15) is 0 Å². The van der Waals surface area contributed by atoms with Crippen LogP contribution in [0, 0.1) is 11.8 Å². The highest BCUT2D eigenvalue weighted by Gasteiger charge is 2.38. The van der Waals surface area contributed by atoms with Crippen LogP contribution in [0.15, 0.2) is 11.7 Å². The van der Waals surface area contributed by atoms with Crippen LogP contribution in [0.1, 0.15) is 30.6 Å². The molecule has 0 saturated heterocycles. The van der Waals surface area contributed by atoms with Crippen LogP contribution in [0.25, 0.3) is 0 Å². The Morgan fingerprint density at radius 3 is 3.07 bits per heavy atom. The summed E-state index contributed by atoms with van der Waals surface area (Å²) in [7, 11) is 0. The molecule has 0 aliphatic heterocycles. The van der Waals surface area contributed by atoms with Crippen molar-refractivity contribution < 1.29 is 0 Å². The molecule has 2 nitrogen and oxygen atoms in total. The minimum Gasteiger partial charge on any atom is -0.309 e. The molecule has 2 aliphatic rings. The molecule has 3 rings (SSSR count). The van der Waals surface area contributed by atoms with Crippen LogP contribution in [0.5, 0.6) is 0 Å². The zero-order chi connectivity index (χ0) is 9.38. The standard InChI is InChI=1S/C11H16N2S/c1-2-9-3-8(1)4-11(9)13-6-10-5-12-7-14-10/h5,7-9,11,13H,1-4,6H2. The molecule has 76 valence electrons. The van der Waals surface area contributed by atoms with Gasteiger partial charge < -0.3 is 5.32 Å². The van der Waals surface area contributed by atoms with E-state index < -0.39 is 0 Å². The summed E-state index contributed by atoms with van der Waals surface area (Å²) in [5.41, 5.74) is 1.91. The van der Waals surface area contributed by atoms with Crippen molar-refractivity contribution >= 4 is 11.3 Å². The molecule has 3 atom stereocenters. The Morgan fingerprint density at radius 2 is 2.43 bits per heavy atom. The SMILES string of the molecule is c1ncc(CNC2CC3CCC2C3)s1. The lowest BCUT2D eigenvalue weighted by atomic mass is 9.95. The monoisotopic (exact) mass is 208 g/mol. The Kier molecular flexibility index (Phi) is 2.30. The summed E-state index contributed by atoms with van der Waals surface area (Å²) in [6, 6.07) is 0.802. The molecule has 2 bridgehead atoms. The smallest absolute Gasteiger partial charge is 0.0794 e. The fraction of sp³-hybridized carbons (Fsp3) is 0.727. The highest BCUT2D eigenvalue weighted by Crippen LogP contribution is 2.44. The molecular formula is C11H16N2S. The van der Waals surface area contributed by atoms with Crippen LogP contribution < -0.4 is 5.32 Å². The highest BCUT2D eigenvalue weighted by atomic mass is 32.1.